The maximum Gasteiger partial charge on any atom is 0.293 e. The molecule has 2 rings (SSSR count). The van der Waals surface area contributed by atoms with E-state index in [2.05, 4.69) is 10.2 Å². The smallest absolute Gasteiger partial charge is 0.293 e. The Labute approximate surface area is 117 Å². The predicted molar refractivity (Wildman–Crippen MR) is 77.2 cm³/mol. The van der Waals surface area contributed by atoms with Crippen molar-refractivity contribution in [1.82, 2.24) is 4.90 Å². The summed E-state index contributed by atoms with van der Waals surface area (Å²) in [4.78, 5) is 23.6. The van der Waals surface area contributed by atoms with Crippen molar-refractivity contribution >= 4 is 17.7 Å². The van der Waals surface area contributed by atoms with E-state index in [4.69, 9.17) is 0 Å². The van der Waals surface area contributed by atoms with E-state index >= 15 is 0 Å². The Kier molecular flexibility index (Phi) is 4.68. The Bertz CT molecular complexity index is 498. The fourth-order valence-electron chi connectivity index (χ4n) is 2.56. The maximum absolute atomic E-state index is 11.1. The zero-order chi connectivity index (χ0) is 14.5. The molecule has 0 spiro atoms. The second-order valence-electron chi connectivity index (χ2n) is 5.20. The SMILES string of the molecule is CC(CN1CCCC1)Nc1ccc(C=O)cc1[N+](=O)[O-]. The van der Waals surface area contributed by atoms with Gasteiger partial charge in [0.15, 0.2) is 0 Å². The third kappa shape index (κ3) is 3.54. The lowest BCUT2D eigenvalue weighted by Crippen LogP contribution is -2.33. The molecule has 1 saturated heterocycles. The van der Waals surface area contributed by atoms with Crippen molar-refractivity contribution in [2.75, 3.05) is 25.0 Å². The Balaban J connectivity index is 2.07. The minimum Gasteiger partial charge on any atom is -0.376 e. The van der Waals surface area contributed by atoms with Gasteiger partial charge in [-0.05, 0) is 45.0 Å². The quantitative estimate of drug-likeness (QED) is 0.490. The number of nitrogens with zero attached hydrogens (tertiary/aromatic N) is 2. The van der Waals surface area contributed by atoms with Crippen LogP contribution >= 0.6 is 0 Å². The molecule has 1 aliphatic heterocycles. The molecule has 1 unspecified atom stereocenters. The predicted octanol–water partition coefficient (Wildman–Crippen LogP) is 2.30. The van der Waals surface area contributed by atoms with Crippen LogP contribution in [0.3, 0.4) is 0 Å². The van der Waals surface area contributed by atoms with Crippen molar-refractivity contribution in [2.45, 2.75) is 25.8 Å². The molecule has 1 aliphatic rings. The highest BCUT2D eigenvalue weighted by atomic mass is 16.6. The highest BCUT2D eigenvalue weighted by Crippen LogP contribution is 2.26. The molecule has 1 atom stereocenters. The molecule has 1 aromatic carbocycles. The summed E-state index contributed by atoms with van der Waals surface area (Å²) >= 11 is 0. The van der Waals surface area contributed by atoms with Crippen molar-refractivity contribution in [3.05, 3.63) is 33.9 Å². The first kappa shape index (κ1) is 14.5. The molecule has 1 fully saturated rings. The lowest BCUT2D eigenvalue weighted by molar-refractivity contribution is -0.384. The number of nitrogens with one attached hydrogen (secondary N) is 1. The zero-order valence-corrected chi connectivity index (χ0v) is 11.5. The third-order valence-corrected chi connectivity index (χ3v) is 3.49. The fraction of sp³-hybridized carbons (Fsp3) is 0.500. The van der Waals surface area contributed by atoms with Gasteiger partial charge in [-0.3, -0.25) is 14.9 Å². The molecule has 0 aliphatic carbocycles. The fourth-order valence-corrected chi connectivity index (χ4v) is 2.56. The summed E-state index contributed by atoms with van der Waals surface area (Å²) in [5.74, 6) is 0. The van der Waals surface area contributed by atoms with Crippen LogP contribution in [0.2, 0.25) is 0 Å². The number of benzene rings is 1. The van der Waals surface area contributed by atoms with Crippen LogP contribution in [-0.2, 0) is 0 Å². The second-order valence-corrected chi connectivity index (χ2v) is 5.20. The summed E-state index contributed by atoms with van der Waals surface area (Å²) in [7, 11) is 0. The van der Waals surface area contributed by atoms with Gasteiger partial charge < -0.3 is 10.2 Å². The van der Waals surface area contributed by atoms with E-state index in [0.717, 1.165) is 19.6 Å². The second kappa shape index (κ2) is 6.47. The number of carbonyl (C=O) groups excluding carboxylic acids is 1. The largest absolute Gasteiger partial charge is 0.376 e. The minimum atomic E-state index is -0.460. The van der Waals surface area contributed by atoms with Crippen LogP contribution in [-0.4, -0.2) is 41.8 Å². The lowest BCUT2D eigenvalue weighted by atomic mass is 10.1. The summed E-state index contributed by atoms with van der Waals surface area (Å²) in [5.41, 5.74) is 0.726. The summed E-state index contributed by atoms with van der Waals surface area (Å²) in [6, 6.07) is 4.61. The third-order valence-electron chi connectivity index (χ3n) is 3.49. The van der Waals surface area contributed by atoms with E-state index in [1.807, 2.05) is 6.92 Å². The average molecular weight is 277 g/mol. The molecule has 1 aromatic rings. The number of rotatable bonds is 6. The van der Waals surface area contributed by atoms with E-state index < -0.39 is 4.92 Å². The van der Waals surface area contributed by atoms with Gasteiger partial charge in [0.05, 0.1) is 4.92 Å². The molecule has 0 aromatic heterocycles. The van der Waals surface area contributed by atoms with Gasteiger partial charge in [-0.2, -0.15) is 0 Å². The van der Waals surface area contributed by atoms with Crippen molar-refractivity contribution in [3.63, 3.8) is 0 Å². The van der Waals surface area contributed by atoms with Crippen LogP contribution in [0.5, 0.6) is 0 Å². The van der Waals surface area contributed by atoms with Gasteiger partial charge in [-0.25, -0.2) is 0 Å². The molecule has 6 heteroatoms. The first-order chi connectivity index (χ1) is 9.60. The number of hydrogen-bond acceptors (Lipinski definition) is 5. The van der Waals surface area contributed by atoms with Crippen LogP contribution in [0.25, 0.3) is 0 Å². The number of anilines is 1. The highest BCUT2D eigenvalue weighted by Gasteiger charge is 2.19. The number of hydrogen-bond donors (Lipinski definition) is 1. The van der Waals surface area contributed by atoms with Gasteiger partial charge in [-0.15, -0.1) is 0 Å². The van der Waals surface area contributed by atoms with Crippen molar-refractivity contribution in [1.29, 1.82) is 0 Å². The minimum absolute atomic E-state index is 0.0529. The molecular weight excluding hydrogens is 258 g/mol. The maximum atomic E-state index is 11.1. The topological polar surface area (TPSA) is 75.5 Å². The van der Waals surface area contributed by atoms with Gasteiger partial charge in [0.25, 0.3) is 5.69 Å². The molecule has 0 radical (unpaired) electrons. The van der Waals surface area contributed by atoms with Crippen LogP contribution < -0.4 is 5.32 Å². The molecule has 1 heterocycles. The molecule has 20 heavy (non-hydrogen) atoms. The van der Waals surface area contributed by atoms with Crippen molar-refractivity contribution in [2.24, 2.45) is 0 Å². The van der Waals surface area contributed by atoms with Gasteiger partial charge in [0.2, 0.25) is 0 Å². The van der Waals surface area contributed by atoms with Gasteiger partial charge in [0, 0.05) is 24.2 Å². The Morgan fingerprint density at radius 3 is 2.75 bits per heavy atom. The van der Waals surface area contributed by atoms with E-state index in [-0.39, 0.29) is 11.7 Å². The Morgan fingerprint density at radius 2 is 2.15 bits per heavy atom. The molecule has 0 saturated carbocycles. The zero-order valence-electron chi connectivity index (χ0n) is 11.5. The summed E-state index contributed by atoms with van der Waals surface area (Å²) < 4.78 is 0. The molecule has 0 bridgehead atoms. The number of aldehydes is 1. The normalized spacial score (nSPS) is 16.9. The Hall–Kier alpha value is -1.95. The molecule has 6 nitrogen and oxygen atoms in total. The van der Waals surface area contributed by atoms with Crippen LogP contribution in [0.1, 0.15) is 30.1 Å². The lowest BCUT2D eigenvalue weighted by Gasteiger charge is -2.22. The average Bonchev–Trinajstić information content (AvgIpc) is 2.91. The number of likely N-dealkylation sites (tertiary alicyclic amines) is 1. The van der Waals surface area contributed by atoms with Gasteiger partial charge in [-0.1, -0.05) is 0 Å². The number of nitro benzene ring substituents is 1. The van der Waals surface area contributed by atoms with Crippen molar-refractivity contribution in [3.8, 4) is 0 Å². The first-order valence-electron chi connectivity index (χ1n) is 6.82. The van der Waals surface area contributed by atoms with Gasteiger partial charge >= 0.3 is 0 Å². The van der Waals surface area contributed by atoms with E-state index in [1.54, 1.807) is 12.1 Å². The molecular formula is C14H19N3O3. The van der Waals surface area contributed by atoms with Crippen LogP contribution in [0, 0.1) is 10.1 Å². The van der Waals surface area contributed by atoms with Gasteiger partial charge in [0.1, 0.15) is 12.0 Å². The molecule has 0 amide bonds. The van der Waals surface area contributed by atoms with E-state index in [9.17, 15) is 14.9 Å². The standard InChI is InChI=1S/C14H19N3O3/c1-11(9-16-6-2-3-7-16)15-13-5-4-12(10-18)8-14(13)17(19)20/h4-5,8,10-11,15H,2-3,6-7,9H2,1H3. The monoisotopic (exact) mass is 277 g/mol. The molecule has 1 N–H and O–H groups in total. The van der Waals surface area contributed by atoms with Crippen LogP contribution in [0.15, 0.2) is 18.2 Å². The number of carbonyl (C=O) groups is 1. The number of nitro groups is 1. The van der Waals surface area contributed by atoms with E-state index in [0.29, 0.717) is 17.5 Å². The Morgan fingerprint density at radius 1 is 1.45 bits per heavy atom. The van der Waals surface area contributed by atoms with E-state index in [1.165, 1.54) is 18.9 Å². The highest BCUT2D eigenvalue weighted by molar-refractivity contribution is 5.79. The van der Waals surface area contributed by atoms with Crippen LogP contribution in [0.4, 0.5) is 11.4 Å². The molecule has 108 valence electrons. The van der Waals surface area contributed by atoms with Crippen molar-refractivity contribution < 1.29 is 9.72 Å². The summed E-state index contributed by atoms with van der Waals surface area (Å²) in [6.45, 7) is 5.07. The summed E-state index contributed by atoms with van der Waals surface area (Å²) in [5, 5.41) is 14.2. The summed E-state index contributed by atoms with van der Waals surface area (Å²) in [6.07, 6.45) is 3.06. The first-order valence-corrected chi connectivity index (χ1v) is 6.82.